The summed E-state index contributed by atoms with van der Waals surface area (Å²) in [6, 6.07) is 17.1. The van der Waals surface area contributed by atoms with Crippen LogP contribution in [0.2, 0.25) is 0 Å². The van der Waals surface area contributed by atoms with Crippen molar-refractivity contribution in [3.63, 3.8) is 0 Å². The van der Waals surface area contributed by atoms with E-state index in [1.165, 1.54) is 54.7 Å². The summed E-state index contributed by atoms with van der Waals surface area (Å²) >= 11 is 0. The maximum atomic E-state index is 3.65. The Labute approximate surface area is 155 Å². The second-order valence-electron chi connectivity index (χ2n) is 6.09. The van der Waals surface area contributed by atoms with Crippen molar-refractivity contribution in [3.05, 3.63) is 59.7 Å². The molecule has 26 heavy (non-hydrogen) atoms. The monoisotopic (exact) mass is 344 g/mol. The quantitative estimate of drug-likeness (QED) is 0.289. The van der Waals surface area contributed by atoms with Gasteiger partial charge in [-0.3, -0.25) is 0 Å². The summed E-state index contributed by atoms with van der Waals surface area (Å²) in [5.74, 6) is 0. The Kier molecular flexibility index (Phi) is 5.03. The van der Waals surface area contributed by atoms with Crippen LogP contribution in [0.3, 0.4) is 0 Å². The maximum Gasteiger partial charge on any atom is 0.0569 e. The molecule has 0 aliphatic heterocycles. The van der Waals surface area contributed by atoms with Gasteiger partial charge in [0.15, 0.2) is 0 Å². The number of aromatic nitrogens is 2. The van der Waals surface area contributed by atoms with Gasteiger partial charge in [0, 0.05) is 32.6 Å². The van der Waals surface area contributed by atoms with Gasteiger partial charge in [0.05, 0.1) is 11.0 Å². The average Bonchev–Trinajstić information content (AvgIpc) is 3.28. The van der Waals surface area contributed by atoms with Crippen LogP contribution in [0.4, 0.5) is 0 Å². The molecule has 2 N–H and O–H groups in total. The van der Waals surface area contributed by atoms with Gasteiger partial charge in [-0.2, -0.15) is 0 Å². The summed E-state index contributed by atoms with van der Waals surface area (Å²) in [4.78, 5) is 7.25. The minimum atomic E-state index is 1.20. The van der Waals surface area contributed by atoms with Crippen molar-refractivity contribution in [2.75, 3.05) is 0 Å². The first-order chi connectivity index (χ1) is 12.8. The standard InChI is InChI=1S/C20H16N2.2C2H6/c1-11-12(2)19-18(14-8-4-6-10-16(14)21-19)20-17(11)13-7-3-5-9-15(13)22-20;2*1-2/h3-10,21-22H,1-2H3;2*1-2H3. The number of benzene rings is 3. The molecule has 5 aromatic rings. The molecule has 0 amide bonds. The number of para-hydroxylation sites is 2. The van der Waals surface area contributed by atoms with Crippen molar-refractivity contribution in [2.24, 2.45) is 0 Å². The molecule has 0 radical (unpaired) electrons. The number of hydrogen-bond acceptors (Lipinski definition) is 0. The fourth-order valence-corrected chi connectivity index (χ4v) is 3.78. The lowest BCUT2D eigenvalue weighted by Crippen LogP contribution is -1.85. The average molecular weight is 345 g/mol. The number of H-pyrrole nitrogens is 2. The molecule has 0 unspecified atom stereocenters. The third kappa shape index (κ3) is 2.48. The van der Waals surface area contributed by atoms with Crippen molar-refractivity contribution in [3.8, 4) is 0 Å². The highest BCUT2D eigenvalue weighted by Gasteiger charge is 2.16. The van der Waals surface area contributed by atoms with Gasteiger partial charge < -0.3 is 9.97 Å². The molecule has 0 bridgehead atoms. The number of hydrogen-bond donors (Lipinski definition) is 2. The summed E-state index contributed by atoms with van der Waals surface area (Å²) in [5.41, 5.74) is 7.59. The van der Waals surface area contributed by atoms with Gasteiger partial charge in [-0.05, 0) is 37.1 Å². The number of nitrogens with one attached hydrogen (secondary N) is 2. The van der Waals surface area contributed by atoms with E-state index in [2.05, 4.69) is 72.3 Å². The topological polar surface area (TPSA) is 31.6 Å². The van der Waals surface area contributed by atoms with Gasteiger partial charge in [0.25, 0.3) is 0 Å². The summed E-state index contributed by atoms with van der Waals surface area (Å²) in [6.07, 6.45) is 0. The van der Waals surface area contributed by atoms with E-state index in [0.29, 0.717) is 0 Å². The van der Waals surface area contributed by atoms with Crippen molar-refractivity contribution in [1.29, 1.82) is 0 Å². The normalized spacial score (nSPS) is 10.7. The lowest BCUT2D eigenvalue weighted by atomic mass is 9.98. The highest BCUT2D eigenvalue weighted by molar-refractivity contribution is 6.26. The highest BCUT2D eigenvalue weighted by atomic mass is 14.7. The molecule has 134 valence electrons. The van der Waals surface area contributed by atoms with Crippen LogP contribution in [0.15, 0.2) is 48.5 Å². The zero-order chi connectivity index (χ0) is 18.8. The lowest BCUT2D eigenvalue weighted by molar-refractivity contribution is 1.38. The van der Waals surface area contributed by atoms with Crippen molar-refractivity contribution in [1.82, 2.24) is 9.97 Å². The molecular weight excluding hydrogens is 316 g/mol. The van der Waals surface area contributed by atoms with Crippen LogP contribution in [0.25, 0.3) is 43.6 Å². The van der Waals surface area contributed by atoms with E-state index in [0.717, 1.165) is 0 Å². The second kappa shape index (κ2) is 7.25. The number of fused-ring (bicyclic) bond motifs is 7. The van der Waals surface area contributed by atoms with Crippen LogP contribution in [0.1, 0.15) is 38.8 Å². The maximum absolute atomic E-state index is 3.65. The third-order valence-electron chi connectivity index (χ3n) is 4.97. The molecule has 0 fully saturated rings. The highest BCUT2D eigenvalue weighted by Crippen LogP contribution is 2.39. The Hall–Kier alpha value is -2.74. The van der Waals surface area contributed by atoms with E-state index in [9.17, 15) is 0 Å². The molecule has 3 aromatic carbocycles. The molecule has 0 aliphatic carbocycles. The van der Waals surface area contributed by atoms with Crippen LogP contribution in [-0.2, 0) is 0 Å². The fourth-order valence-electron chi connectivity index (χ4n) is 3.78. The molecular formula is C24H28N2. The Balaban J connectivity index is 0.000000461. The lowest BCUT2D eigenvalue weighted by Gasteiger charge is -2.06. The number of rotatable bonds is 0. The van der Waals surface area contributed by atoms with Gasteiger partial charge in [0.1, 0.15) is 0 Å². The largest absolute Gasteiger partial charge is 0.354 e. The molecule has 0 spiro atoms. The summed E-state index contributed by atoms with van der Waals surface area (Å²) in [6.45, 7) is 12.4. The predicted octanol–water partition coefficient (Wildman–Crippen LogP) is 7.62. The number of aromatic amines is 2. The second-order valence-corrected chi connectivity index (χ2v) is 6.09. The Bertz CT molecular complexity index is 1190. The molecule has 0 atom stereocenters. The van der Waals surface area contributed by atoms with Crippen LogP contribution in [0, 0.1) is 13.8 Å². The van der Waals surface area contributed by atoms with Gasteiger partial charge in [0.2, 0.25) is 0 Å². The molecule has 0 saturated carbocycles. The van der Waals surface area contributed by atoms with Crippen molar-refractivity contribution >= 4 is 43.6 Å². The Morgan fingerprint density at radius 3 is 1.58 bits per heavy atom. The van der Waals surface area contributed by atoms with Crippen LogP contribution in [0.5, 0.6) is 0 Å². The fraction of sp³-hybridized carbons (Fsp3) is 0.250. The molecule has 2 nitrogen and oxygen atoms in total. The van der Waals surface area contributed by atoms with E-state index in [1.807, 2.05) is 27.7 Å². The van der Waals surface area contributed by atoms with Gasteiger partial charge in [-0.25, -0.2) is 0 Å². The first-order valence-corrected chi connectivity index (χ1v) is 9.65. The first-order valence-electron chi connectivity index (χ1n) is 9.65. The minimum Gasteiger partial charge on any atom is -0.354 e. The van der Waals surface area contributed by atoms with Crippen LogP contribution in [-0.4, -0.2) is 9.97 Å². The van der Waals surface area contributed by atoms with E-state index in [-0.39, 0.29) is 0 Å². The van der Waals surface area contributed by atoms with Crippen molar-refractivity contribution < 1.29 is 0 Å². The molecule has 2 aromatic heterocycles. The minimum absolute atomic E-state index is 1.20. The van der Waals surface area contributed by atoms with Gasteiger partial charge >= 0.3 is 0 Å². The molecule has 0 saturated heterocycles. The van der Waals surface area contributed by atoms with E-state index in [4.69, 9.17) is 0 Å². The van der Waals surface area contributed by atoms with Gasteiger partial charge in [-0.15, -0.1) is 0 Å². The predicted molar refractivity (Wildman–Crippen MR) is 117 cm³/mol. The number of aryl methyl sites for hydroxylation is 2. The zero-order valence-corrected chi connectivity index (χ0v) is 16.6. The zero-order valence-electron chi connectivity index (χ0n) is 16.6. The van der Waals surface area contributed by atoms with E-state index < -0.39 is 0 Å². The van der Waals surface area contributed by atoms with E-state index in [1.54, 1.807) is 0 Å². The van der Waals surface area contributed by atoms with Gasteiger partial charge in [-0.1, -0.05) is 64.1 Å². The SMILES string of the molecule is CC.CC.Cc1c(C)c2c3ccccc3[nH]c2c2c1[nH]c1ccccc12. The summed E-state index contributed by atoms with van der Waals surface area (Å²) in [7, 11) is 0. The van der Waals surface area contributed by atoms with Crippen LogP contribution >= 0.6 is 0 Å². The van der Waals surface area contributed by atoms with Crippen molar-refractivity contribution in [2.45, 2.75) is 41.5 Å². The molecule has 0 aliphatic rings. The Morgan fingerprint density at radius 2 is 1.00 bits per heavy atom. The Morgan fingerprint density at radius 1 is 0.538 bits per heavy atom. The third-order valence-corrected chi connectivity index (χ3v) is 4.97. The molecule has 2 heteroatoms. The van der Waals surface area contributed by atoms with Crippen LogP contribution < -0.4 is 0 Å². The smallest absolute Gasteiger partial charge is 0.0569 e. The molecule has 5 rings (SSSR count). The first kappa shape index (κ1) is 18.1. The summed E-state index contributed by atoms with van der Waals surface area (Å²) < 4.78 is 0. The molecule has 2 heterocycles. The summed E-state index contributed by atoms with van der Waals surface area (Å²) in [5, 5.41) is 5.26. The van der Waals surface area contributed by atoms with E-state index >= 15 is 0 Å².